The van der Waals surface area contributed by atoms with Crippen molar-refractivity contribution in [2.75, 3.05) is 52.5 Å². The van der Waals surface area contributed by atoms with Crippen molar-refractivity contribution in [2.45, 2.75) is 19.9 Å². The number of carbonyl (C=O) groups is 1. The summed E-state index contributed by atoms with van der Waals surface area (Å²) in [6.07, 6.45) is 0. The second-order valence-corrected chi connectivity index (χ2v) is 6.23. The van der Waals surface area contributed by atoms with E-state index in [0.717, 1.165) is 37.5 Å². The summed E-state index contributed by atoms with van der Waals surface area (Å²) in [7, 11) is 0. The summed E-state index contributed by atoms with van der Waals surface area (Å²) in [5.41, 5.74) is 1.16. The molecule has 1 fully saturated rings. The van der Waals surface area contributed by atoms with E-state index in [0.29, 0.717) is 19.7 Å². The summed E-state index contributed by atoms with van der Waals surface area (Å²) < 4.78 is 5.64. The average Bonchev–Trinajstić information content (AvgIpc) is 2.59. The van der Waals surface area contributed by atoms with E-state index in [9.17, 15) is 4.79 Å². The average molecular weight is 335 g/mol. The van der Waals surface area contributed by atoms with E-state index in [1.165, 1.54) is 0 Å². The summed E-state index contributed by atoms with van der Waals surface area (Å²) in [4.78, 5) is 16.7. The molecule has 0 aliphatic carbocycles. The predicted octanol–water partition coefficient (Wildman–Crippen LogP) is 0.488. The van der Waals surface area contributed by atoms with E-state index in [4.69, 9.17) is 9.84 Å². The Morgan fingerprint density at radius 1 is 1.33 bits per heavy atom. The first-order valence-electron chi connectivity index (χ1n) is 8.64. The Labute approximate surface area is 144 Å². The van der Waals surface area contributed by atoms with Crippen LogP contribution in [0.15, 0.2) is 24.3 Å². The monoisotopic (exact) mass is 335 g/mol. The Kier molecular flexibility index (Phi) is 7.49. The zero-order chi connectivity index (χ0) is 17.4. The van der Waals surface area contributed by atoms with Crippen molar-refractivity contribution >= 4 is 5.91 Å². The van der Waals surface area contributed by atoms with Crippen molar-refractivity contribution in [3.8, 4) is 5.75 Å². The number of hydrogen-bond donors (Lipinski definition) is 2. The molecule has 1 unspecified atom stereocenters. The number of piperazine rings is 1. The predicted molar refractivity (Wildman–Crippen MR) is 94.2 cm³/mol. The van der Waals surface area contributed by atoms with E-state index in [1.54, 1.807) is 0 Å². The fourth-order valence-corrected chi connectivity index (χ4v) is 2.88. The molecule has 0 bridgehead atoms. The topological polar surface area (TPSA) is 65.0 Å². The van der Waals surface area contributed by atoms with Crippen molar-refractivity contribution in [3.05, 3.63) is 29.8 Å². The van der Waals surface area contributed by atoms with E-state index in [2.05, 4.69) is 15.1 Å². The largest absolute Gasteiger partial charge is 0.492 e. The normalized spacial score (nSPS) is 17.5. The smallest absolute Gasteiger partial charge is 0.237 e. The first-order valence-corrected chi connectivity index (χ1v) is 8.64. The van der Waals surface area contributed by atoms with Gasteiger partial charge in [0.15, 0.2) is 0 Å². The van der Waals surface area contributed by atoms with Gasteiger partial charge in [0.05, 0.1) is 19.2 Å². The second kappa shape index (κ2) is 9.61. The quantitative estimate of drug-likeness (QED) is 0.677. The highest BCUT2D eigenvalue weighted by Crippen LogP contribution is 2.11. The fraction of sp³-hybridized carbons (Fsp3) is 0.611. The van der Waals surface area contributed by atoms with Crippen LogP contribution in [0.3, 0.4) is 0 Å². The minimum Gasteiger partial charge on any atom is -0.492 e. The molecule has 0 radical (unpaired) electrons. The zero-order valence-electron chi connectivity index (χ0n) is 14.7. The van der Waals surface area contributed by atoms with Crippen LogP contribution >= 0.6 is 0 Å². The zero-order valence-corrected chi connectivity index (χ0v) is 14.7. The van der Waals surface area contributed by atoms with Crippen LogP contribution < -0.4 is 10.1 Å². The van der Waals surface area contributed by atoms with Gasteiger partial charge in [-0.1, -0.05) is 12.1 Å². The first-order chi connectivity index (χ1) is 11.6. The van der Waals surface area contributed by atoms with Crippen LogP contribution in [0.5, 0.6) is 5.75 Å². The van der Waals surface area contributed by atoms with Crippen molar-refractivity contribution in [1.29, 1.82) is 0 Å². The maximum Gasteiger partial charge on any atom is 0.237 e. The molecular weight excluding hydrogens is 306 g/mol. The highest BCUT2D eigenvalue weighted by atomic mass is 16.5. The molecule has 1 amide bonds. The summed E-state index contributed by atoms with van der Waals surface area (Å²) in [5.74, 6) is 0.871. The highest BCUT2D eigenvalue weighted by molar-refractivity contribution is 5.81. The van der Waals surface area contributed by atoms with Gasteiger partial charge in [0.1, 0.15) is 12.4 Å². The number of aryl methyl sites for hydroxylation is 1. The number of rotatable bonds is 8. The number of benzene rings is 1. The number of aliphatic hydroxyl groups excluding tert-OH is 1. The molecule has 2 rings (SSSR count). The van der Waals surface area contributed by atoms with E-state index in [1.807, 2.05) is 38.1 Å². The lowest BCUT2D eigenvalue weighted by atomic mass is 10.2. The van der Waals surface area contributed by atoms with Gasteiger partial charge >= 0.3 is 0 Å². The Morgan fingerprint density at radius 2 is 2.08 bits per heavy atom. The second-order valence-electron chi connectivity index (χ2n) is 6.23. The third kappa shape index (κ3) is 5.78. The van der Waals surface area contributed by atoms with Gasteiger partial charge in [-0.3, -0.25) is 14.6 Å². The third-order valence-corrected chi connectivity index (χ3v) is 4.41. The minimum atomic E-state index is -0.139. The lowest BCUT2D eigenvalue weighted by Crippen LogP contribution is -2.54. The molecule has 0 spiro atoms. The molecule has 1 aromatic rings. The molecule has 1 aromatic carbocycles. The summed E-state index contributed by atoms with van der Waals surface area (Å²) in [5, 5.41) is 11.9. The number of amides is 1. The first kappa shape index (κ1) is 18.7. The van der Waals surface area contributed by atoms with Gasteiger partial charge in [-0.25, -0.2) is 0 Å². The third-order valence-electron chi connectivity index (χ3n) is 4.41. The molecule has 1 atom stereocenters. The molecule has 0 saturated carbocycles. The lowest BCUT2D eigenvalue weighted by molar-refractivity contribution is -0.126. The Balaban J connectivity index is 1.65. The number of nitrogens with one attached hydrogen (secondary N) is 1. The molecular formula is C18H29N3O3. The number of carbonyl (C=O) groups excluding carboxylic acids is 1. The molecule has 1 heterocycles. The molecule has 24 heavy (non-hydrogen) atoms. The highest BCUT2D eigenvalue weighted by Gasteiger charge is 2.24. The van der Waals surface area contributed by atoms with Crippen LogP contribution in [0.4, 0.5) is 0 Å². The molecule has 134 valence electrons. The van der Waals surface area contributed by atoms with Gasteiger partial charge in [-0.05, 0) is 31.5 Å². The van der Waals surface area contributed by atoms with Crippen molar-refractivity contribution in [3.63, 3.8) is 0 Å². The van der Waals surface area contributed by atoms with Gasteiger partial charge in [-0.15, -0.1) is 0 Å². The minimum absolute atomic E-state index is 0.0402. The van der Waals surface area contributed by atoms with Gasteiger partial charge in [0.25, 0.3) is 0 Å². The van der Waals surface area contributed by atoms with Crippen molar-refractivity contribution in [1.82, 2.24) is 15.1 Å². The van der Waals surface area contributed by atoms with Gasteiger partial charge in [-0.2, -0.15) is 0 Å². The van der Waals surface area contributed by atoms with Crippen LogP contribution in [0.1, 0.15) is 12.5 Å². The molecule has 6 nitrogen and oxygen atoms in total. The maximum atomic E-state index is 12.3. The molecule has 0 aromatic heterocycles. The van der Waals surface area contributed by atoms with Crippen LogP contribution in [0.25, 0.3) is 0 Å². The van der Waals surface area contributed by atoms with Crippen molar-refractivity contribution in [2.24, 2.45) is 0 Å². The van der Waals surface area contributed by atoms with E-state index < -0.39 is 0 Å². The molecule has 1 saturated heterocycles. The Bertz CT molecular complexity index is 516. The number of nitrogens with zero attached hydrogens (tertiary/aromatic N) is 2. The Morgan fingerprint density at radius 3 is 2.75 bits per heavy atom. The van der Waals surface area contributed by atoms with E-state index in [-0.39, 0.29) is 18.6 Å². The number of β-amino-alcohol motifs (C(OH)–C–C–N with tert-alkyl or cyclic N) is 1. The number of ether oxygens (including phenoxy) is 1. The van der Waals surface area contributed by atoms with Crippen molar-refractivity contribution < 1.29 is 14.6 Å². The summed E-state index contributed by atoms with van der Waals surface area (Å²) in [6.45, 7) is 9.34. The lowest BCUT2D eigenvalue weighted by Gasteiger charge is -2.37. The number of aliphatic hydroxyl groups is 1. The fourth-order valence-electron chi connectivity index (χ4n) is 2.88. The number of hydrogen-bond acceptors (Lipinski definition) is 5. The SMILES string of the molecule is Cc1cccc(OCCNC(=O)C(C)N2CCN(CCO)CC2)c1. The molecule has 6 heteroatoms. The van der Waals surface area contributed by atoms with Crippen LogP contribution in [0.2, 0.25) is 0 Å². The van der Waals surface area contributed by atoms with Gasteiger partial charge in [0.2, 0.25) is 5.91 Å². The standard InChI is InChI=1S/C18H29N3O3/c1-15-4-3-5-17(14-15)24-13-6-19-18(23)16(2)21-9-7-20(8-10-21)11-12-22/h3-5,14,16,22H,6-13H2,1-2H3,(H,19,23). The summed E-state index contributed by atoms with van der Waals surface area (Å²) >= 11 is 0. The molecule has 1 aliphatic rings. The van der Waals surface area contributed by atoms with Crippen LogP contribution in [0, 0.1) is 6.92 Å². The van der Waals surface area contributed by atoms with Crippen LogP contribution in [-0.2, 0) is 4.79 Å². The summed E-state index contributed by atoms with van der Waals surface area (Å²) in [6, 6.07) is 7.75. The molecule has 1 aliphatic heterocycles. The van der Waals surface area contributed by atoms with Gasteiger partial charge in [0, 0.05) is 32.7 Å². The van der Waals surface area contributed by atoms with Crippen LogP contribution in [-0.4, -0.2) is 79.3 Å². The maximum absolute atomic E-state index is 12.3. The Hall–Kier alpha value is -1.63. The van der Waals surface area contributed by atoms with Gasteiger partial charge < -0.3 is 15.2 Å². The van der Waals surface area contributed by atoms with E-state index >= 15 is 0 Å². The molecule has 2 N–H and O–H groups in total.